The molecule has 0 aliphatic carbocycles. The van der Waals surface area contributed by atoms with Gasteiger partial charge in [0.05, 0.1) is 17.1 Å². The Balaban J connectivity index is 1.99. The van der Waals surface area contributed by atoms with Crippen LogP contribution in [0.25, 0.3) is 34.2 Å². The lowest BCUT2D eigenvalue weighted by Gasteiger charge is -2.28. The number of hydrogen-bond donors (Lipinski definition) is 2. The Bertz CT molecular complexity index is 1680. The second-order valence-electron chi connectivity index (χ2n) is 16.2. The molecular weight excluding hydrogens is 536 g/mol. The molecule has 1 unspecified atom stereocenters. The minimum Gasteiger partial charge on any atom is -0.355 e. The van der Waals surface area contributed by atoms with Crippen LogP contribution in [0.3, 0.4) is 0 Å². The fraction of sp³-hybridized carbons (Fsp3) is 0.550. The molecule has 0 saturated heterocycles. The smallest absolute Gasteiger partial charge is 0.0690 e. The van der Waals surface area contributed by atoms with Crippen LogP contribution in [0.2, 0.25) is 0 Å². The highest BCUT2D eigenvalue weighted by atomic mass is 14.8. The van der Waals surface area contributed by atoms with Gasteiger partial charge in [0.25, 0.3) is 0 Å². The summed E-state index contributed by atoms with van der Waals surface area (Å²) in [5.41, 5.74) is 14.9. The molecule has 3 aromatic heterocycles. The fourth-order valence-corrected chi connectivity index (χ4v) is 7.01. The summed E-state index contributed by atoms with van der Waals surface area (Å²) < 4.78 is 0. The Morgan fingerprint density at radius 1 is 0.591 bits per heavy atom. The minimum atomic E-state index is 0.0818. The van der Waals surface area contributed by atoms with Gasteiger partial charge in [0.2, 0.25) is 0 Å². The molecule has 8 bridgehead atoms. The van der Waals surface area contributed by atoms with E-state index in [2.05, 4.69) is 123 Å². The summed E-state index contributed by atoms with van der Waals surface area (Å²) in [7, 11) is 0. The molecule has 0 spiro atoms. The number of H-pyrrole nitrogens is 2. The normalized spacial score (nSPS) is 15.5. The lowest BCUT2D eigenvalue weighted by atomic mass is 9.75. The highest BCUT2D eigenvalue weighted by Gasteiger charge is 2.35. The Morgan fingerprint density at radius 3 is 1.50 bits per heavy atom. The van der Waals surface area contributed by atoms with Crippen molar-refractivity contribution in [3.05, 3.63) is 69.3 Å². The first-order valence-electron chi connectivity index (χ1n) is 17.1. The maximum atomic E-state index is 5.63. The predicted molar refractivity (Wildman–Crippen MR) is 190 cm³/mol. The standard InChI is InChI=1S/C40H56N4/c1-23(2)18-27-32-12-13-33(41-32)28(19-24(3)4)35-16-17-37(43-35)30(21-26(7)8)39-31(40(9,10)11)22-38(44-39)29(20-25(5)6)36-15-14-34(27)42-36/h12-17,23-26,31,41-42H,18-22H2,1-11H3. The Hall–Kier alpha value is -3.14. The molecular formula is C40H56N4. The molecule has 0 fully saturated rings. The van der Waals surface area contributed by atoms with E-state index in [9.17, 15) is 0 Å². The third-order valence-corrected chi connectivity index (χ3v) is 9.07. The summed E-state index contributed by atoms with van der Waals surface area (Å²) in [5.74, 6) is 2.42. The molecule has 236 valence electrons. The van der Waals surface area contributed by atoms with E-state index in [1.165, 1.54) is 55.7 Å². The molecule has 0 amide bonds. The monoisotopic (exact) mass is 592 g/mol. The van der Waals surface area contributed by atoms with E-state index < -0.39 is 0 Å². The van der Waals surface area contributed by atoms with E-state index in [0.29, 0.717) is 29.6 Å². The van der Waals surface area contributed by atoms with Crippen molar-refractivity contribution in [1.82, 2.24) is 19.9 Å². The lowest BCUT2D eigenvalue weighted by Crippen LogP contribution is -2.20. The van der Waals surface area contributed by atoms with Crippen LogP contribution in [0.5, 0.6) is 0 Å². The maximum absolute atomic E-state index is 5.63. The van der Waals surface area contributed by atoms with Crippen LogP contribution >= 0.6 is 0 Å². The quantitative estimate of drug-likeness (QED) is 0.214. The highest BCUT2D eigenvalue weighted by Crippen LogP contribution is 2.43. The van der Waals surface area contributed by atoms with Gasteiger partial charge in [0.1, 0.15) is 0 Å². The number of hydrogen-bond acceptors (Lipinski definition) is 2. The third-order valence-electron chi connectivity index (χ3n) is 9.07. The first kappa shape index (κ1) is 32.3. The van der Waals surface area contributed by atoms with Crippen molar-refractivity contribution >= 4 is 34.2 Å². The molecule has 5 heterocycles. The Morgan fingerprint density at radius 2 is 1.00 bits per heavy atom. The summed E-state index contributed by atoms with van der Waals surface area (Å²) in [4.78, 5) is 18.8. The van der Waals surface area contributed by atoms with E-state index >= 15 is 0 Å². The zero-order valence-electron chi connectivity index (χ0n) is 29.3. The van der Waals surface area contributed by atoms with Crippen LogP contribution < -0.4 is 0 Å². The van der Waals surface area contributed by atoms with Crippen LogP contribution in [0, 0.1) is 29.1 Å². The molecule has 44 heavy (non-hydrogen) atoms. The average Bonchev–Trinajstić information content (AvgIpc) is 3.73. The van der Waals surface area contributed by atoms with E-state index in [1.807, 2.05) is 0 Å². The van der Waals surface area contributed by atoms with Gasteiger partial charge in [0.15, 0.2) is 0 Å². The summed E-state index contributed by atoms with van der Waals surface area (Å²) in [5, 5.41) is 0. The molecule has 0 saturated carbocycles. The zero-order chi connectivity index (χ0) is 31.9. The first-order chi connectivity index (χ1) is 20.7. The van der Waals surface area contributed by atoms with Crippen molar-refractivity contribution in [2.24, 2.45) is 29.1 Å². The molecule has 3 aromatic rings. The molecule has 2 aliphatic heterocycles. The number of nitrogens with one attached hydrogen (secondary N) is 2. The van der Waals surface area contributed by atoms with Crippen LogP contribution in [-0.4, -0.2) is 19.9 Å². The van der Waals surface area contributed by atoms with E-state index in [4.69, 9.17) is 9.97 Å². The SMILES string of the molecule is CC(C)Cc1c2nc(c(CC(C)C)c3ccc([nH]3)c(CC(C)C)c3ccc([nH]3)c(CC(C)C)c3nc1C(C(C)(C)C)C3)C=C2. The van der Waals surface area contributed by atoms with Crippen molar-refractivity contribution in [2.45, 2.75) is 114 Å². The van der Waals surface area contributed by atoms with Gasteiger partial charge in [0, 0.05) is 39.2 Å². The summed E-state index contributed by atoms with van der Waals surface area (Å²) in [6.07, 6.45) is 9.43. The second kappa shape index (κ2) is 12.7. The topological polar surface area (TPSA) is 57.4 Å². The summed E-state index contributed by atoms with van der Waals surface area (Å²) in [6, 6.07) is 9.16. The fourth-order valence-electron chi connectivity index (χ4n) is 7.01. The van der Waals surface area contributed by atoms with Crippen molar-refractivity contribution < 1.29 is 0 Å². The number of aromatic amines is 2. The van der Waals surface area contributed by atoms with Crippen molar-refractivity contribution in [3.63, 3.8) is 0 Å². The van der Waals surface area contributed by atoms with Gasteiger partial charge in [-0.05, 0) is 114 Å². The molecule has 5 rings (SSSR count). The number of nitrogens with zero attached hydrogens (tertiary/aromatic N) is 2. The molecule has 2 N–H and O–H groups in total. The Kier molecular flexibility index (Phi) is 9.31. The van der Waals surface area contributed by atoms with E-state index in [1.54, 1.807) is 0 Å². The molecule has 0 radical (unpaired) electrons. The molecule has 4 nitrogen and oxygen atoms in total. The summed E-state index contributed by atoms with van der Waals surface area (Å²) >= 11 is 0. The first-order valence-corrected chi connectivity index (χ1v) is 17.1. The largest absolute Gasteiger partial charge is 0.355 e. The molecule has 2 aliphatic rings. The number of fused-ring (bicyclic) bond motifs is 8. The van der Waals surface area contributed by atoms with Gasteiger partial charge in [-0.15, -0.1) is 0 Å². The van der Waals surface area contributed by atoms with Gasteiger partial charge in [-0.2, -0.15) is 0 Å². The number of rotatable bonds is 8. The van der Waals surface area contributed by atoms with Gasteiger partial charge in [-0.3, -0.25) is 4.98 Å². The van der Waals surface area contributed by atoms with Crippen LogP contribution in [0.15, 0.2) is 24.3 Å². The van der Waals surface area contributed by atoms with Gasteiger partial charge >= 0.3 is 0 Å². The van der Waals surface area contributed by atoms with E-state index in [0.717, 1.165) is 43.5 Å². The Labute approximate surface area is 266 Å². The average molecular weight is 593 g/mol. The highest BCUT2D eigenvalue weighted by molar-refractivity contribution is 5.80. The van der Waals surface area contributed by atoms with Crippen LogP contribution in [-0.2, 0) is 32.1 Å². The predicted octanol–water partition coefficient (Wildman–Crippen LogP) is 10.7. The van der Waals surface area contributed by atoms with Crippen molar-refractivity contribution in [3.8, 4) is 0 Å². The van der Waals surface area contributed by atoms with Gasteiger partial charge in [-0.1, -0.05) is 76.2 Å². The molecule has 4 heteroatoms. The summed E-state index contributed by atoms with van der Waals surface area (Å²) in [6.45, 7) is 25.7. The second-order valence-corrected chi connectivity index (χ2v) is 16.2. The van der Waals surface area contributed by atoms with Crippen LogP contribution in [0.4, 0.5) is 0 Å². The van der Waals surface area contributed by atoms with E-state index in [-0.39, 0.29) is 5.41 Å². The third kappa shape index (κ3) is 6.90. The molecule has 0 aromatic carbocycles. The minimum absolute atomic E-state index is 0.0818. The number of aromatic nitrogens is 4. The van der Waals surface area contributed by atoms with Gasteiger partial charge in [-0.25, -0.2) is 4.98 Å². The van der Waals surface area contributed by atoms with Crippen molar-refractivity contribution in [2.75, 3.05) is 0 Å². The van der Waals surface area contributed by atoms with Crippen molar-refractivity contribution in [1.29, 1.82) is 0 Å². The molecule has 1 atom stereocenters. The van der Waals surface area contributed by atoms with Crippen LogP contribution in [0.1, 0.15) is 127 Å². The zero-order valence-corrected chi connectivity index (χ0v) is 29.3. The lowest BCUT2D eigenvalue weighted by molar-refractivity contribution is 0.322. The van der Waals surface area contributed by atoms with Gasteiger partial charge < -0.3 is 9.97 Å². The maximum Gasteiger partial charge on any atom is 0.0690 e.